The van der Waals surface area contributed by atoms with E-state index < -0.39 is 27.4 Å². The van der Waals surface area contributed by atoms with Crippen LogP contribution in [0.2, 0.25) is 0 Å². The van der Waals surface area contributed by atoms with Gasteiger partial charge in [0.2, 0.25) is 5.67 Å². The van der Waals surface area contributed by atoms with Crippen molar-refractivity contribution < 1.29 is 13.3 Å². The molecule has 0 bridgehead atoms. The Bertz CT molecular complexity index is 848. The third-order valence-electron chi connectivity index (χ3n) is 5.90. The summed E-state index contributed by atoms with van der Waals surface area (Å²) in [7, 11) is -3.08. The highest BCUT2D eigenvalue weighted by atomic mass is 32.2. The van der Waals surface area contributed by atoms with Crippen LogP contribution in [-0.4, -0.2) is 40.0 Å². The molecule has 1 aromatic carbocycles. The Morgan fingerprint density at radius 1 is 1.42 bits per heavy atom. The lowest BCUT2D eigenvalue weighted by molar-refractivity contribution is -0.306. The molecule has 1 N–H and O–H groups in total. The molecule has 7 heteroatoms. The number of nitrogens with zero attached hydrogens (tertiary/aromatic N) is 2. The van der Waals surface area contributed by atoms with Gasteiger partial charge in [-0.1, -0.05) is 6.08 Å². The third-order valence-corrected chi connectivity index (χ3v) is 7.88. The first-order valence-corrected chi connectivity index (χ1v) is 10.7. The minimum absolute atomic E-state index is 0.391. The van der Waals surface area contributed by atoms with Crippen molar-refractivity contribution in [3.05, 3.63) is 36.4 Å². The number of anilines is 1. The molecule has 2 fully saturated rings. The number of halogens is 1. The Balaban J connectivity index is 1.79. The average molecular weight is 380 g/mol. The second-order valence-electron chi connectivity index (χ2n) is 7.80. The van der Waals surface area contributed by atoms with E-state index >= 15 is 4.39 Å². The van der Waals surface area contributed by atoms with Crippen LogP contribution in [0.1, 0.15) is 38.7 Å². The molecule has 0 aromatic heterocycles. The van der Waals surface area contributed by atoms with Gasteiger partial charge in [0.25, 0.3) is 0 Å². The molecule has 142 valence electrons. The van der Waals surface area contributed by atoms with Gasteiger partial charge in [-0.3, -0.25) is 0 Å². The van der Waals surface area contributed by atoms with Crippen LogP contribution >= 0.6 is 0 Å². The van der Waals surface area contributed by atoms with Gasteiger partial charge in [-0.15, -0.1) is 6.58 Å². The molecular weight excluding hydrogens is 353 g/mol. The van der Waals surface area contributed by atoms with Crippen LogP contribution in [0.4, 0.5) is 10.1 Å². The third kappa shape index (κ3) is 2.23. The first-order valence-electron chi connectivity index (χ1n) is 9.16. The smallest absolute Gasteiger partial charge is 0.210 e. The summed E-state index contributed by atoms with van der Waals surface area (Å²) in [6, 6.07) is 5.17. The first kappa shape index (κ1) is 17.9. The zero-order valence-electron chi connectivity index (χ0n) is 15.3. The summed E-state index contributed by atoms with van der Waals surface area (Å²) in [6.45, 7) is 9.16. The average Bonchev–Trinajstić information content (AvgIpc) is 3.21. The van der Waals surface area contributed by atoms with E-state index in [9.17, 15) is 4.21 Å². The van der Waals surface area contributed by atoms with Gasteiger partial charge >= 0.3 is 0 Å². The summed E-state index contributed by atoms with van der Waals surface area (Å²) in [6.07, 6.45) is 3.76. The highest BCUT2D eigenvalue weighted by Crippen LogP contribution is 2.61. The number of nitrogens with one attached hydrogen (secondary N) is 1. The van der Waals surface area contributed by atoms with Gasteiger partial charge in [0.1, 0.15) is 15.5 Å². The van der Waals surface area contributed by atoms with Gasteiger partial charge < -0.3 is 9.64 Å². The number of ether oxygens (including phenoxy) is 1. The maximum Gasteiger partial charge on any atom is 0.210 e. The Morgan fingerprint density at radius 2 is 2.12 bits per heavy atom. The van der Waals surface area contributed by atoms with Crippen molar-refractivity contribution in [2.24, 2.45) is 0 Å². The summed E-state index contributed by atoms with van der Waals surface area (Å²) in [5.74, 6) is 0. The molecule has 4 rings (SSSR count). The largest absolute Gasteiger partial charge is 0.345 e. The Hall–Kier alpha value is -1.44. The van der Waals surface area contributed by atoms with Crippen molar-refractivity contribution in [3.8, 4) is 0 Å². The van der Waals surface area contributed by atoms with Crippen LogP contribution in [0.15, 0.2) is 35.7 Å². The van der Waals surface area contributed by atoms with E-state index in [0.29, 0.717) is 30.1 Å². The van der Waals surface area contributed by atoms with E-state index in [2.05, 4.69) is 6.58 Å². The summed E-state index contributed by atoms with van der Waals surface area (Å²) < 4.78 is 45.3. The minimum Gasteiger partial charge on any atom is -0.345 e. The molecule has 3 atom stereocenters. The van der Waals surface area contributed by atoms with E-state index in [-0.39, 0.29) is 0 Å². The van der Waals surface area contributed by atoms with E-state index in [1.807, 2.05) is 4.90 Å². The number of alkyl halides is 1. The normalized spacial score (nSPS) is 31.8. The number of rotatable bonds is 5. The van der Waals surface area contributed by atoms with Gasteiger partial charge in [0.15, 0.2) is 6.23 Å². The molecule has 26 heavy (non-hydrogen) atoms. The maximum atomic E-state index is 16.1. The summed E-state index contributed by atoms with van der Waals surface area (Å²) in [4.78, 5) is 2.32. The molecule has 3 heterocycles. The van der Waals surface area contributed by atoms with Crippen molar-refractivity contribution in [1.82, 2.24) is 4.31 Å². The lowest BCUT2D eigenvalue weighted by Gasteiger charge is -2.54. The van der Waals surface area contributed by atoms with Gasteiger partial charge in [-0.25, -0.2) is 17.7 Å². The fraction of sp³-hybridized carbons (Fsp3) is 0.579. The molecule has 3 unspecified atom stereocenters. The molecule has 3 aliphatic heterocycles. The van der Waals surface area contributed by atoms with Crippen molar-refractivity contribution >= 4 is 15.6 Å². The fourth-order valence-corrected chi connectivity index (χ4v) is 5.94. The minimum atomic E-state index is -3.08. The first-order chi connectivity index (χ1) is 12.2. The molecule has 0 aliphatic carbocycles. The van der Waals surface area contributed by atoms with Crippen molar-refractivity contribution in [1.29, 1.82) is 4.78 Å². The van der Waals surface area contributed by atoms with Crippen molar-refractivity contribution in [2.45, 2.75) is 55.5 Å². The highest BCUT2D eigenvalue weighted by Gasteiger charge is 2.71. The molecule has 3 aliphatic rings. The zero-order valence-corrected chi connectivity index (χ0v) is 16.2. The zero-order chi connectivity index (χ0) is 18.7. The van der Waals surface area contributed by atoms with Gasteiger partial charge in [-0.2, -0.15) is 0 Å². The number of hydrogen-bond acceptors (Lipinski definition) is 4. The van der Waals surface area contributed by atoms with Crippen LogP contribution in [0, 0.1) is 4.78 Å². The molecule has 5 nitrogen and oxygen atoms in total. The molecule has 2 saturated heterocycles. The number of hydrogen-bond donors (Lipinski definition) is 1. The van der Waals surface area contributed by atoms with Crippen LogP contribution < -0.4 is 4.90 Å². The summed E-state index contributed by atoms with van der Waals surface area (Å²) >= 11 is 0. The Kier molecular flexibility index (Phi) is 3.99. The molecule has 0 saturated carbocycles. The van der Waals surface area contributed by atoms with Crippen LogP contribution in [0.25, 0.3) is 0 Å². The highest BCUT2D eigenvalue weighted by molar-refractivity contribution is 7.90. The molecule has 0 amide bonds. The van der Waals surface area contributed by atoms with Gasteiger partial charge in [0, 0.05) is 30.9 Å². The quantitative estimate of drug-likeness (QED) is 0.792. The topological polar surface area (TPSA) is 56.6 Å². The molecule has 0 radical (unpaired) electrons. The van der Waals surface area contributed by atoms with E-state index in [1.54, 1.807) is 42.4 Å². The number of fused-ring (bicyclic) bond motifs is 3. The lowest BCUT2D eigenvalue weighted by Crippen LogP contribution is -2.68. The predicted octanol–water partition coefficient (Wildman–Crippen LogP) is 3.80. The predicted molar refractivity (Wildman–Crippen MR) is 100 cm³/mol. The molecule has 1 aromatic rings. The van der Waals surface area contributed by atoms with E-state index in [4.69, 9.17) is 9.52 Å². The van der Waals surface area contributed by atoms with Crippen LogP contribution in [-0.2, 0) is 20.3 Å². The van der Waals surface area contributed by atoms with Gasteiger partial charge in [-0.05, 0) is 51.3 Å². The van der Waals surface area contributed by atoms with E-state index in [0.717, 1.165) is 24.9 Å². The van der Waals surface area contributed by atoms with Crippen LogP contribution in [0.5, 0.6) is 0 Å². The van der Waals surface area contributed by atoms with Crippen LogP contribution in [0.3, 0.4) is 0 Å². The lowest BCUT2D eigenvalue weighted by atomic mass is 9.76. The van der Waals surface area contributed by atoms with E-state index in [1.165, 1.54) is 0 Å². The van der Waals surface area contributed by atoms with Crippen molar-refractivity contribution in [3.63, 3.8) is 0 Å². The molecule has 0 spiro atoms. The monoisotopic (exact) mass is 379 g/mol. The number of benzene rings is 1. The maximum absolute atomic E-state index is 16.1. The van der Waals surface area contributed by atoms with Gasteiger partial charge in [0.05, 0.1) is 4.90 Å². The standard InChI is InChI=1S/C19H26FN3O2S/c1-4-5-12-23-16-9-8-14(26(21,24)22-10-6-7-11-22)13-15(16)19(20)17(23)25-18(19,2)3/h4,8-9,13,17,21H,1,5-7,10-12H2,2-3H3. The molecular formula is C19H26FN3O2S. The van der Waals surface area contributed by atoms with Crippen molar-refractivity contribution in [2.75, 3.05) is 24.5 Å². The second kappa shape index (κ2) is 5.78. The summed E-state index contributed by atoms with van der Waals surface area (Å²) in [5, 5.41) is 0. The Morgan fingerprint density at radius 3 is 2.73 bits per heavy atom. The SMILES string of the molecule is C=CCCN1c2ccc(S(=N)(=O)N3CCCC3)cc2C2(F)C1OC2(C)C. The Labute approximate surface area is 154 Å². The summed E-state index contributed by atoms with van der Waals surface area (Å²) in [5.41, 5.74) is -1.35. The fourth-order valence-electron chi connectivity index (χ4n) is 4.34. The second-order valence-corrected chi connectivity index (χ2v) is 9.84.